The maximum Gasteiger partial charge on any atom is 0.123 e. The van der Waals surface area contributed by atoms with Crippen molar-refractivity contribution in [2.75, 3.05) is 26.7 Å². The van der Waals surface area contributed by atoms with Gasteiger partial charge in [-0.05, 0) is 18.9 Å². The fourth-order valence-electron chi connectivity index (χ4n) is 2.45. The van der Waals surface area contributed by atoms with Crippen molar-refractivity contribution in [3.63, 3.8) is 0 Å². The van der Waals surface area contributed by atoms with Gasteiger partial charge in [0, 0.05) is 25.2 Å². The van der Waals surface area contributed by atoms with Crippen molar-refractivity contribution in [2.45, 2.75) is 25.3 Å². The first-order valence-corrected chi connectivity index (χ1v) is 6.69. The SMILES string of the molecule is COc1ccccc1C(CN)NN1CCCCC1. The third kappa shape index (κ3) is 3.22. The van der Waals surface area contributed by atoms with Crippen LogP contribution in [-0.2, 0) is 0 Å². The Morgan fingerprint density at radius 1 is 1.28 bits per heavy atom. The van der Waals surface area contributed by atoms with Crippen molar-refractivity contribution < 1.29 is 4.74 Å². The number of hydrogen-bond acceptors (Lipinski definition) is 4. The number of benzene rings is 1. The Morgan fingerprint density at radius 2 is 2.00 bits per heavy atom. The monoisotopic (exact) mass is 249 g/mol. The molecule has 4 nitrogen and oxygen atoms in total. The largest absolute Gasteiger partial charge is 0.496 e. The molecular weight excluding hydrogens is 226 g/mol. The molecule has 0 spiro atoms. The van der Waals surface area contributed by atoms with Crippen LogP contribution in [0.25, 0.3) is 0 Å². The maximum absolute atomic E-state index is 5.90. The maximum atomic E-state index is 5.90. The highest BCUT2D eigenvalue weighted by molar-refractivity contribution is 5.36. The van der Waals surface area contributed by atoms with E-state index in [-0.39, 0.29) is 6.04 Å². The van der Waals surface area contributed by atoms with Gasteiger partial charge in [0.15, 0.2) is 0 Å². The van der Waals surface area contributed by atoms with Crippen molar-refractivity contribution in [3.05, 3.63) is 29.8 Å². The third-order valence-corrected chi connectivity index (χ3v) is 3.44. The van der Waals surface area contributed by atoms with E-state index in [2.05, 4.69) is 16.5 Å². The molecule has 0 radical (unpaired) electrons. The smallest absolute Gasteiger partial charge is 0.123 e. The van der Waals surface area contributed by atoms with Crippen LogP contribution in [0.4, 0.5) is 0 Å². The minimum Gasteiger partial charge on any atom is -0.496 e. The van der Waals surface area contributed by atoms with Gasteiger partial charge in [-0.15, -0.1) is 0 Å². The molecule has 1 aromatic carbocycles. The highest BCUT2D eigenvalue weighted by Gasteiger charge is 2.18. The summed E-state index contributed by atoms with van der Waals surface area (Å²) in [7, 11) is 1.70. The Morgan fingerprint density at radius 3 is 2.67 bits per heavy atom. The van der Waals surface area contributed by atoms with Gasteiger partial charge in [0.25, 0.3) is 0 Å². The Kier molecular flexibility index (Phi) is 4.99. The Bertz CT molecular complexity index is 364. The van der Waals surface area contributed by atoms with Crippen LogP contribution in [0, 0.1) is 0 Å². The molecule has 0 bridgehead atoms. The molecule has 0 amide bonds. The molecule has 1 aromatic rings. The molecule has 4 heteroatoms. The van der Waals surface area contributed by atoms with Gasteiger partial charge in [-0.1, -0.05) is 24.6 Å². The zero-order valence-electron chi connectivity index (χ0n) is 11.1. The molecule has 1 heterocycles. The van der Waals surface area contributed by atoms with Crippen LogP contribution in [0.1, 0.15) is 30.9 Å². The number of para-hydroxylation sites is 1. The van der Waals surface area contributed by atoms with E-state index in [4.69, 9.17) is 10.5 Å². The summed E-state index contributed by atoms with van der Waals surface area (Å²) in [6, 6.07) is 8.19. The summed E-state index contributed by atoms with van der Waals surface area (Å²) in [5, 5.41) is 2.29. The average molecular weight is 249 g/mol. The number of hydrogen-bond donors (Lipinski definition) is 2. The summed E-state index contributed by atoms with van der Waals surface area (Å²) in [6.07, 6.45) is 3.85. The van der Waals surface area contributed by atoms with E-state index in [0.717, 1.165) is 24.4 Å². The standard InChI is InChI=1S/C14H23N3O/c1-18-14-8-4-3-7-12(14)13(11-15)16-17-9-5-2-6-10-17/h3-4,7-8,13,16H,2,5-6,9-11,15H2,1H3. The number of hydrazine groups is 1. The Hall–Kier alpha value is -1.10. The molecule has 100 valence electrons. The molecule has 2 rings (SSSR count). The van der Waals surface area contributed by atoms with Gasteiger partial charge in [-0.3, -0.25) is 0 Å². The minimum absolute atomic E-state index is 0.124. The van der Waals surface area contributed by atoms with E-state index in [1.54, 1.807) is 7.11 Å². The number of methoxy groups -OCH3 is 1. The molecule has 3 N–H and O–H groups in total. The molecular formula is C14H23N3O. The number of nitrogens with zero attached hydrogens (tertiary/aromatic N) is 1. The highest BCUT2D eigenvalue weighted by atomic mass is 16.5. The normalized spacial score (nSPS) is 18.6. The van der Waals surface area contributed by atoms with E-state index in [9.17, 15) is 0 Å². The molecule has 1 aliphatic rings. The van der Waals surface area contributed by atoms with Gasteiger partial charge < -0.3 is 10.5 Å². The summed E-state index contributed by atoms with van der Waals surface area (Å²) in [5.41, 5.74) is 10.6. The quantitative estimate of drug-likeness (QED) is 0.833. The van der Waals surface area contributed by atoms with Gasteiger partial charge in [-0.2, -0.15) is 0 Å². The number of rotatable bonds is 5. The van der Waals surface area contributed by atoms with Crippen LogP contribution in [0.5, 0.6) is 5.75 Å². The topological polar surface area (TPSA) is 50.5 Å². The summed E-state index contributed by atoms with van der Waals surface area (Å²) >= 11 is 0. The van der Waals surface area contributed by atoms with E-state index in [0.29, 0.717) is 6.54 Å². The summed E-state index contributed by atoms with van der Waals surface area (Å²) < 4.78 is 5.40. The van der Waals surface area contributed by atoms with Gasteiger partial charge in [-0.25, -0.2) is 10.4 Å². The lowest BCUT2D eigenvalue weighted by molar-refractivity contribution is 0.129. The second-order valence-corrected chi connectivity index (χ2v) is 4.71. The first kappa shape index (κ1) is 13.3. The average Bonchev–Trinajstić information content (AvgIpc) is 2.46. The summed E-state index contributed by atoms with van der Waals surface area (Å²) in [6.45, 7) is 2.77. The molecule has 1 atom stereocenters. The Balaban J connectivity index is 2.07. The summed E-state index contributed by atoms with van der Waals surface area (Å²) in [5.74, 6) is 0.900. The van der Waals surface area contributed by atoms with Gasteiger partial charge >= 0.3 is 0 Å². The number of ether oxygens (including phenoxy) is 1. The lowest BCUT2D eigenvalue weighted by atomic mass is 10.1. The molecule has 1 aliphatic heterocycles. The minimum atomic E-state index is 0.124. The van der Waals surface area contributed by atoms with Gasteiger partial charge in [0.2, 0.25) is 0 Å². The zero-order chi connectivity index (χ0) is 12.8. The molecule has 0 saturated carbocycles. The Labute approximate surface area is 109 Å². The lowest BCUT2D eigenvalue weighted by Gasteiger charge is -2.31. The fraction of sp³-hybridized carbons (Fsp3) is 0.571. The van der Waals surface area contributed by atoms with Crippen molar-refractivity contribution in [1.29, 1.82) is 0 Å². The van der Waals surface area contributed by atoms with Crippen molar-refractivity contribution in [3.8, 4) is 5.75 Å². The molecule has 1 saturated heterocycles. The van der Waals surface area contributed by atoms with Crippen LogP contribution in [0.2, 0.25) is 0 Å². The van der Waals surface area contributed by atoms with Crippen LogP contribution >= 0.6 is 0 Å². The van der Waals surface area contributed by atoms with E-state index >= 15 is 0 Å². The second-order valence-electron chi connectivity index (χ2n) is 4.71. The molecule has 0 aliphatic carbocycles. The first-order chi connectivity index (χ1) is 8.85. The molecule has 1 unspecified atom stereocenters. The van der Waals surface area contributed by atoms with Crippen molar-refractivity contribution >= 4 is 0 Å². The molecule has 1 fully saturated rings. The van der Waals surface area contributed by atoms with E-state index < -0.39 is 0 Å². The van der Waals surface area contributed by atoms with E-state index in [1.165, 1.54) is 19.3 Å². The predicted molar refractivity (Wildman–Crippen MR) is 73.3 cm³/mol. The van der Waals surface area contributed by atoms with Crippen molar-refractivity contribution in [2.24, 2.45) is 5.73 Å². The predicted octanol–water partition coefficient (Wildman–Crippen LogP) is 1.69. The van der Waals surface area contributed by atoms with Gasteiger partial charge in [0.05, 0.1) is 13.2 Å². The lowest BCUT2D eigenvalue weighted by Crippen LogP contribution is -2.45. The number of nitrogens with two attached hydrogens (primary N) is 1. The zero-order valence-corrected chi connectivity index (χ0v) is 11.1. The van der Waals surface area contributed by atoms with Crippen LogP contribution in [-0.4, -0.2) is 31.8 Å². The molecule has 0 aromatic heterocycles. The highest BCUT2D eigenvalue weighted by Crippen LogP contribution is 2.24. The van der Waals surface area contributed by atoms with Crippen LogP contribution < -0.4 is 15.9 Å². The first-order valence-electron chi connectivity index (χ1n) is 6.69. The van der Waals surface area contributed by atoms with Gasteiger partial charge in [0.1, 0.15) is 5.75 Å². The third-order valence-electron chi connectivity index (χ3n) is 3.44. The molecule has 18 heavy (non-hydrogen) atoms. The summed E-state index contributed by atoms with van der Waals surface area (Å²) in [4.78, 5) is 0. The number of piperidine rings is 1. The van der Waals surface area contributed by atoms with Crippen LogP contribution in [0.15, 0.2) is 24.3 Å². The number of nitrogens with one attached hydrogen (secondary N) is 1. The van der Waals surface area contributed by atoms with Crippen LogP contribution in [0.3, 0.4) is 0 Å². The fourth-order valence-corrected chi connectivity index (χ4v) is 2.45. The van der Waals surface area contributed by atoms with E-state index in [1.807, 2.05) is 18.2 Å². The van der Waals surface area contributed by atoms with Crippen molar-refractivity contribution in [1.82, 2.24) is 10.4 Å². The second kappa shape index (κ2) is 6.73.